The van der Waals surface area contributed by atoms with E-state index in [0.29, 0.717) is 5.75 Å². The molecule has 0 saturated carbocycles. The maximum atomic E-state index is 11.8. The molecule has 2 rings (SSSR count). The number of pyridine rings is 1. The largest absolute Gasteiger partial charge is 0.497 e. The minimum Gasteiger partial charge on any atom is -0.497 e. The van der Waals surface area contributed by atoms with Gasteiger partial charge < -0.3 is 14.8 Å². The van der Waals surface area contributed by atoms with Crippen LogP contribution in [0, 0.1) is 0 Å². The van der Waals surface area contributed by atoms with Crippen LogP contribution in [0.5, 0.6) is 11.5 Å². The first-order chi connectivity index (χ1) is 10.2. The van der Waals surface area contributed by atoms with Gasteiger partial charge in [0.05, 0.1) is 13.2 Å². The number of hydrogen-bond donors (Lipinski definition) is 1. The second-order valence-electron chi connectivity index (χ2n) is 4.54. The van der Waals surface area contributed by atoms with E-state index in [-0.39, 0.29) is 18.6 Å². The molecular formula is C16H18N2O3. The number of benzene rings is 1. The number of nitrogens with zero attached hydrogens (tertiary/aromatic N) is 1. The molecule has 1 heterocycles. The summed E-state index contributed by atoms with van der Waals surface area (Å²) in [6.45, 7) is 1.87. The summed E-state index contributed by atoms with van der Waals surface area (Å²) < 4.78 is 10.5. The van der Waals surface area contributed by atoms with Gasteiger partial charge in [-0.1, -0.05) is 6.07 Å². The lowest BCUT2D eigenvalue weighted by molar-refractivity contribution is -0.123. The molecule has 0 saturated heterocycles. The van der Waals surface area contributed by atoms with Gasteiger partial charge in [0.15, 0.2) is 6.61 Å². The standard InChI is InChI=1S/C16H18N2O3/c1-12(13-4-3-9-17-10-13)18-16(19)11-21-15-7-5-14(20-2)6-8-15/h3-10,12H,11H2,1-2H3,(H,18,19). The van der Waals surface area contributed by atoms with E-state index in [1.54, 1.807) is 43.8 Å². The van der Waals surface area contributed by atoms with E-state index < -0.39 is 0 Å². The maximum absolute atomic E-state index is 11.8. The number of rotatable bonds is 6. The fourth-order valence-electron chi connectivity index (χ4n) is 1.82. The molecule has 0 aliphatic heterocycles. The first kappa shape index (κ1) is 14.8. The lowest BCUT2D eigenvalue weighted by Crippen LogP contribution is -2.31. The molecule has 1 aromatic heterocycles. The molecule has 0 aliphatic carbocycles. The third kappa shape index (κ3) is 4.49. The lowest BCUT2D eigenvalue weighted by atomic mass is 10.1. The molecule has 1 aromatic carbocycles. The van der Waals surface area contributed by atoms with Gasteiger partial charge in [0.25, 0.3) is 5.91 Å². The second-order valence-corrected chi connectivity index (χ2v) is 4.54. The Morgan fingerprint density at radius 1 is 1.24 bits per heavy atom. The van der Waals surface area contributed by atoms with Crippen molar-refractivity contribution in [2.24, 2.45) is 0 Å². The van der Waals surface area contributed by atoms with Gasteiger partial charge >= 0.3 is 0 Å². The van der Waals surface area contributed by atoms with E-state index in [9.17, 15) is 4.79 Å². The fourth-order valence-corrected chi connectivity index (χ4v) is 1.82. The summed E-state index contributed by atoms with van der Waals surface area (Å²) in [4.78, 5) is 15.9. The van der Waals surface area contributed by atoms with E-state index >= 15 is 0 Å². The Bertz CT molecular complexity index is 570. The van der Waals surface area contributed by atoms with E-state index in [0.717, 1.165) is 11.3 Å². The van der Waals surface area contributed by atoms with Gasteiger partial charge in [-0.2, -0.15) is 0 Å². The molecule has 1 N–H and O–H groups in total. The molecule has 21 heavy (non-hydrogen) atoms. The Balaban J connectivity index is 1.81. The van der Waals surface area contributed by atoms with Crippen LogP contribution in [0.4, 0.5) is 0 Å². The maximum Gasteiger partial charge on any atom is 0.258 e. The first-order valence-corrected chi connectivity index (χ1v) is 6.65. The Hall–Kier alpha value is -2.56. The number of ether oxygens (including phenoxy) is 2. The number of nitrogens with one attached hydrogen (secondary N) is 1. The van der Waals surface area contributed by atoms with Gasteiger partial charge in [0, 0.05) is 12.4 Å². The van der Waals surface area contributed by atoms with Gasteiger partial charge in [-0.3, -0.25) is 9.78 Å². The number of carbonyl (C=O) groups excluding carboxylic acids is 1. The minimum absolute atomic E-state index is 0.0308. The van der Waals surface area contributed by atoms with Crippen molar-refractivity contribution in [3.63, 3.8) is 0 Å². The minimum atomic E-state index is -0.179. The highest BCUT2D eigenvalue weighted by molar-refractivity contribution is 5.78. The summed E-state index contributed by atoms with van der Waals surface area (Å²) in [6.07, 6.45) is 3.43. The number of carbonyl (C=O) groups is 1. The molecular weight excluding hydrogens is 268 g/mol. The summed E-state index contributed by atoms with van der Waals surface area (Å²) in [7, 11) is 1.60. The van der Waals surface area contributed by atoms with E-state index in [1.807, 2.05) is 19.1 Å². The van der Waals surface area contributed by atoms with Crippen LogP contribution in [0.25, 0.3) is 0 Å². The zero-order chi connectivity index (χ0) is 15.1. The SMILES string of the molecule is COc1ccc(OCC(=O)NC(C)c2cccnc2)cc1. The predicted molar refractivity (Wildman–Crippen MR) is 79.3 cm³/mol. The van der Waals surface area contributed by atoms with Gasteiger partial charge in [-0.25, -0.2) is 0 Å². The van der Waals surface area contributed by atoms with Crippen LogP contribution in [0.15, 0.2) is 48.8 Å². The molecule has 5 nitrogen and oxygen atoms in total. The van der Waals surface area contributed by atoms with E-state index in [1.165, 1.54) is 0 Å². The van der Waals surface area contributed by atoms with Crippen LogP contribution >= 0.6 is 0 Å². The first-order valence-electron chi connectivity index (χ1n) is 6.65. The topological polar surface area (TPSA) is 60.5 Å². The Kier molecular flexibility index (Phi) is 5.15. The molecule has 5 heteroatoms. The molecule has 0 radical (unpaired) electrons. The highest BCUT2D eigenvalue weighted by atomic mass is 16.5. The molecule has 1 amide bonds. The van der Waals surface area contributed by atoms with Crippen molar-refractivity contribution in [2.45, 2.75) is 13.0 Å². The molecule has 0 fully saturated rings. The summed E-state index contributed by atoms with van der Waals surface area (Å²) in [6, 6.07) is 10.7. The predicted octanol–water partition coefficient (Wildman–Crippen LogP) is 2.35. The zero-order valence-electron chi connectivity index (χ0n) is 12.1. The van der Waals surface area contributed by atoms with Gasteiger partial charge in [0.1, 0.15) is 11.5 Å². The Morgan fingerprint density at radius 2 is 1.95 bits per heavy atom. The Morgan fingerprint density at radius 3 is 2.57 bits per heavy atom. The molecule has 2 aromatic rings. The Labute approximate surface area is 123 Å². The number of amides is 1. The smallest absolute Gasteiger partial charge is 0.258 e. The van der Waals surface area contributed by atoms with Crippen LogP contribution in [0.1, 0.15) is 18.5 Å². The van der Waals surface area contributed by atoms with Crippen LogP contribution in [-0.2, 0) is 4.79 Å². The molecule has 1 atom stereocenters. The van der Waals surface area contributed by atoms with Crippen molar-refractivity contribution in [2.75, 3.05) is 13.7 Å². The highest BCUT2D eigenvalue weighted by Crippen LogP contribution is 2.17. The summed E-state index contributed by atoms with van der Waals surface area (Å²) in [5, 5.41) is 2.86. The van der Waals surface area contributed by atoms with Crippen LogP contribution in [0.2, 0.25) is 0 Å². The molecule has 0 bridgehead atoms. The quantitative estimate of drug-likeness (QED) is 0.885. The van der Waals surface area contributed by atoms with Gasteiger partial charge in [-0.05, 0) is 42.8 Å². The fraction of sp³-hybridized carbons (Fsp3) is 0.250. The van der Waals surface area contributed by atoms with Crippen molar-refractivity contribution in [1.29, 1.82) is 0 Å². The van der Waals surface area contributed by atoms with E-state index in [4.69, 9.17) is 9.47 Å². The zero-order valence-corrected chi connectivity index (χ0v) is 12.1. The van der Waals surface area contributed by atoms with Crippen molar-refractivity contribution in [3.05, 3.63) is 54.4 Å². The number of aromatic nitrogens is 1. The molecule has 110 valence electrons. The molecule has 1 unspecified atom stereocenters. The summed E-state index contributed by atoms with van der Waals surface area (Å²) in [5.74, 6) is 1.19. The summed E-state index contributed by atoms with van der Waals surface area (Å²) >= 11 is 0. The number of methoxy groups -OCH3 is 1. The lowest BCUT2D eigenvalue weighted by Gasteiger charge is -2.14. The second kappa shape index (κ2) is 7.28. The summed E-state index contributed by atoms with van der Waals surface area (Å²) in [5.41, 5.74) is 0.954. The third-order valence-electron chi connectivity index (χ3n) is 2.99. The normalized spacial score (nSPS) is 11.5. The molecule has 0 spiro atoms. The number of hydrogen-bond acceptors (Lipinski definition) is 4. The van der Waals surface area contributed by atoms with Crippen LogP contribution in [-0.4, -0.2) is 24.6 Å². The van der Waals surface area contributed by atoms with Crippen molar-refractivity contribution in [3.8, 4) is 11.5 Å². The molecule has 0 aliphatic rings. The highest BCUT2D eigenvalue weighted by Gasteiger charge is 2.10. The van der Waals surface area contributed by atoms with Crippen molar-refractivity contribution in [1.82, 2.24) is 10.3 Å². The van der Waals surface area contributed by atoms with E-state index in [2.05, 4.69) is 10.3 Å². The average Bonchev–Trinajstić information content (AvgIpc) is 2.54. The monoisotopic (exact) mass is 286 g/mol. The van der Waals surface area contributed by atoms with Gasteiger partial charge in [0.2, 0.25) is 0 Å². The third-order valence-corrected chi connectivity index (χ3v) is 2.99. The van der Waals surface area contributed by atoms with Crippen LogP contribution in [0.3, 0.4) is 0 Å². The van der Waals surface area contributed by atoms with Crippen molar-refractivity contribution < 1.29 is 14.3 Å². The van der Waals surface area contributed by atoms with Crippen LogP contribution < -0.4 is 14.8 Å². The van der Waals surface area contributed by atoms with Crippen molar-refractivity contribution >= 4 is 5.91 Å². The van der Waals surface area contributed by atoms with Gasteiger partial charge in [-0.15, -0.1) is 0 Å². The average molecular weight is 286 g/mol.